The van der Waals surface area contributed by atoms with Crippen LogP contribution < -0.4 is 0 Å². The molecule has 1 aromatic carbocycles. The van der Waals surface area contributed by atoms with Crippen LogP contribution in [0.1, 0.15) is 106 Å². The molecular formula is C37H67Cl3O6Si2. The average molecular weight is 770 g/mol. The van der Waals surface area contributed by atoms with Crippen LogP contribution in [-0.2, 0) is 34.4 Å². The Kier molecular flexibility index (Phi) is 17.5. The third kappa shape index (κ3) is 13.4. The molecule has 5 atom stereocenters. The second kappa shape index (κ2) is 18.9. The van der Waals surface area contributed by atoms with Gasteiger partial charge in [-0.2, -0.15) is 0 Å². The highest BCUT2D eigenvalue weighted by Crippen LogP contribution is 2.46. The molecule has 48 heavy (non-hydrogen) atoms. The van der Waals surface area contributed by atoms with Crippen molar-refractivity contribution in [2.75, 3.05) is 26.4 Å². The zero-order chi connectivity index (χ0) is 36.6. The zero-order valence-corrected chi connectivity index (χ0v) is 36.6. The molecule has 1 fully saturated rings. The summed E-state index contributed by atoms with van der Waals surface area (Å²) < 4.78 is 39.5. The summed E-state index contributed by atoms with van der Waals surface area (Å²) in [6.45, 7) is 32.3. The van der Waals surface area contributed by atoms with Gasteiger partial charge in [-0.3, -0.25) is 0 Å². The molecule has 280 valence electrons. The van der Waals surface area contributed by atoms with Gasteiger partial charge in [-0.05, 0) is 108 Å². The van der Waals surface area contributed by atoms with E-state index in [2.05, 4.69) is 81.6 Å². The maximum atomic E-state index is 7.32. The summed E-state index contributed by atoms with van der Waals surface area (Å²) in [7, 11) is -4.21. The summed E-state index contributed by atoms with van der Waals surface area (Å²) in [4.78, 5) is 0. The summed E-state index contributed by atoms with van der Waals surface area (Å²) in [5.74, 6) is 0. The molecule has 1 aliphatic rings. The highest BCUT2D eigenvalue weighted by Gasteiger charge is 2.50. The standard InChI is InChI=1S/C37H67Cl3O6Si2/c1-14-43-27(2)25-41-21-15-17-32-33(45-47(10,11)35(3,4)5)19-20-37(9,46-48(12,13)36(6,7)8)34(44-32)18-16-22-42-26-29-30(39)23-28(38)24-31(29)40/h23-24,27,32-34H,14-22,25-26H2,1-13H3/t27?,32-,33+,34+,37-/m0/s1. The van der Waals surface area contributed by atoms with Gasteiger partial charge in [-0.25, -0.2) is 0 Å². The lowest BCUT2D eigenvalue weighted by atomic mass is 9.90. The monoisotopic (exact) mass is 768 g/mol. The third-order valence-corrected chi connectivity index (χ3v) is 20.6. The second-order valence-corrected chi connectivity index (χ2v) is 27.6. The first-order valence-corrected chi connectivity index (χ1v) is 24.9. The average Bonchev–Trinajstić information content (AvgIpc) is 3.04. The Morgan fingerprint density at radius 1 is 0.896 bits per heavy atom. The van der Waals surface area contributed by atoms with Crippen molar-refractivity contribution >= 4 is 51.4 Å². The Morgan fingerprint density at radius 3 is 2.02 bits per heavy atom. The molecule has 11 heteroatoms. The Balaban J connectivity index is 2.30. The fraction of sp³-hybridized carbons (Fsp3) is 0.838. The van der Waals surface area contributed by atoms with E-state index in [1.54, 1.807) is 12.1 Å². The lowest BCUT2D eigenvalue weighted by Gasteiger charge is -2.47. The molecule has 0 radical (unpaired) electrons. The van der Waals surface area contributed by atoms with Gasteiger partial charge in [0.25, 0.3) is 0 Å². The van der Waals surface area contributed by atoms with Gasteiger partial charge in [0.2, 0.25) is 0 Å². The van der Waals surface area contributed by atoms with Gasteiger partial charge >= 0.3 is 0 Å². The van der Waals surface area contributed by atoms with Crippen molar-refractivity contribution in [2.45, 2.75) is 174 Å². The Hall–Kier alpha value is 0.284. The van der Waals surface area contributed by atoms with Crippen LogP contribution in [0.4, 0.5) is 0 Å². The van der Waals surface area contributed by atoms with Crippen molar-refractivity contribution in [2.24, 2.45) is 0 Å². The molecule has 0 amide bonds. The minimum Gasteiger partial charge on any atom is -0.411 e. The molecule has 2 rings (SSSR count). The van der Waals surface area contributed by atoms with Crippen molar-refractivity contribution < 1.29 is 27.8 Å². The minimum atomic E-state index is -2.13. The highest BCUT2D eigenvalue weighted by atomic mass is 35.5. The zero-order valence-electron chi connectivity index (χ0n) is 32.3. The van der Waals surface area contributed by atoms with E-state index in [1.807, 2.05) is 6.92 Å². The number of benzene rings is 1. The summed E-state index contributed by atoms with van der Waals surface area (Å²) in [5, 5.41) is 1.70. The fourth-order valence-corrected chi connectivity index (χ4v) is 9.62. The van der Waals surface area contributed by atoms with Gasteiger partial charge < -0.3 is 27.8 Å². The number of rotatable bonds is 18. The van der Waals surface area contributed by atoms with E-state index in [0.29, 0.717) is 48.1 Å². The molecule has 0 bridgehead atoms. The number of halogens is 3. The van der Waals surface area contributed by atoms with Gasteiger partial charge in [0.1, 0.15) is 0 Å². The predicted molar refractivity (Wildman–Crippen MR) is 208 cm³/mol. The Labute approximate surface area is 310 Å². The van der Waals surface area contributed by atoms with Crippen LogP contribution in [0.5, 0.6) is 0 Å². The largest absolute Gasteiger partial charge is 0.411 e. The van der Waals surface area contributed by atoms with Gasteiger partial charge in [0.05, 0.1) is 43.2 Å². The van der Waals surface area contributed by atoms with Gasteiger partial charge in [-0.15, -0.1) is 0 Å². The van der Waals surface area contributed by atoms with Crippen LogP contribution in [0, 0.1) is 0 Å². The van der Waals surface area contributed by atoms with Crippen LogP contribution in [0.3, 0.4) is 0 Å². The molecule has 0 N–H and O–H groups in total. The molecule has 1 heterocycles. The molecule has 0 aromatic heterocycles. The minimum absolute atomic E-state index is 0.00832. The first kappa shape index (κ1) is 44.4. The van der Waals surface area contributed by atoms with Crippen LogP contribution in [0.25, 0.3) is 0 Å². The van der Waals surface area contributed by atoms with Crippen molar-refractivity contribution in [3.05, 3.63) is 32.8 Å². The van der Waals surface area contributed by atoms with E-state index in [1.165, 1.54) is 0 Å². The smallest absolute Gasteiger partial charge is 0.192 e. The van der Waals surface area contributed by atoms with Crippen LogP contribution in [0.2, 0.25) is 51.3 Å². The highest BCUT2D eigenvalue weighted by molar-refractivity contribution is 6.74. The van der Waals surface area contributed by atoms with Crippen molar-refractivity contribution in [3.63, 3.8) is 0 Å². The molecular weight excluding hydrogens is 703 g/mol. The molecule has 1 unspecified atom stereocenters. The Morgan fingerprint density at radius 2 is 1.46 bits per heavy atom. The van der Waals surface area contributed by atoms with Crippen LogP contribution in [-0.4, -0.2) is 73.1 Å². The van der Waals surface area contributed by atoms with E-state index < -0.39 is 22.2 Å². The lowest BCUT2D eigenvalue weighted by Crippen LogP contribution is -2.54. The van der Waals surface area contributed by atoms with Gasteiger partial charge in [0, 0.05) is 40.5 Å². The van der Waals surface area contributed by atoms with E-state index >= 15 is 0 Å². The molecule has 1 aromatic rings. The normalized spacial score (nSPS) is 23.7. The van der Waals surface area contributed by atoms with Crippen LogP contribution >= 0.6 is 34.8 Å². The quantitative estimate of drug-likeness (QED) is 0.109. The molecule has 1 saturated heterocycles. The summed E-state index contributed by atoms with van der Waals surface area (Å²) in [5.41, 5.74) is 0.294. The maximum absolute atomic E-state index is 7.32. The fourth-order valence-electron chi connectivity index (χ4n) is 5.61. The predicted octanol–water partition coefficient (Wildman–Crippen LogP) is 11.9. The topological polar surface area (TPSA) is 55.4 Å². The maximum Gasteiger partial charge on any atom is 0.192 e. The van der Waals surface area contributed by atoms with Gasteiger partial charge in [-0.1, -0.05) is 76.3 Å². The molecule has 0 saturated carbocycles. The van der Waals surface area contributed by atoms with E-state index in [0.717, 1.165) is 44.1 Å². The number of hydrogen-bond acceptors (Lipinski definition) is 6. The van der Waals surface area contributed by atoms with Crippen molar-refractivity contribution in [1.29, 1.82) is 0 Å². The summed E-state index contributed by atoms with van der Waals surface area (Å²) in [6, 6.07) is 3.40. The molecule has 6 nitrogen and oxygen atoms in total. The number of ether oxygens (including phenoxy) is 4. The second-order valence-electron chi connectivity index (χ2n) is 16.8. The molecule has 0 spiro atoms. The third-order valence-electron chi connectivity index (χ3n) is 10.6. The Bertz CT molecular complexity index is 1100. The summed E-state index contributed by atoms with van der Waals surface area (Å²) >= 11 is 18.9. The van der Waals surface area contributed by atoms with E-state index in [-0.39, 0.29) is 34.5 Å². The SMILES string of the molecule is CCOC(C)COCCC[C@@H]1O[C@H](CCCOCc2c(Cl)cc(Cl)cc2Cl)[C@@](C)(O[Si](C)(C)C(C)(C)C)CC[C@H]1O[Si](C)(C)C(C)(C)C. The van der Waals surface area contributed by atoms with E-state index in [4.69, 9.17) is 62.6 Å². The molecule has 0 aliphatic carbocycles. The molecule has 1 aliphatic heterocycles. The van der Waals surface area contributed by atoms with E-state index in [9.17, 15) is 0 Å². The van der Waals surface area contributed by atoms with Crippen molar-refractivity contribution in [1.82, 2.24) is 0 Å². The van der Waals surface area contributed by atoms with Crippen LogP contribution in [0.15, 0.2) is 12.1 Å². The number of hydrogen-bond donors (Lipinski definition) is 0. The van der Waals surface area contributed by atoms with Gasteiger partial charge in [0.15, 0.2) is 16.6 Å². The first-order valence-electron chi connectivity index (χ1n) is 18.0. The lowest BCUT2D eigenvalue weighted by molar-refractivity contribution is -0.130. The van der Waals surface area contributed by atoms with Crippen molar-refractivity contribution in [3.8, 4) is 0 Å². The summed E-state index contributed by atoms with van der Waals surface area (Å²) in [6.07, 6.45) is 5.03. The first-order chi connectivity index (χ1) is 22.0.